The summed E-state index contributed by atoms with van der Waals surface area (Å²) in [4.78, 5) is 11.1. The molecular formula is C16H22ClIN6O. The van der Waals surface area contributed by atoms with Crippen LogP contribution in [0.2, 0.25) is 5.02 Å². The Balaban J connectivity index is 0.00000225. The summed E-state index contributed by atoms with van der Waals surface area (Å²) in [5.41, 5.74) is 0.806. The maximum Gasteiger partial charge on any atom is 0.191 e. The topological polar surface area (TPSA) is 78.6 Å². The van der Waals surface area contributed by atoms with Gasteiger partial charge in [-0.2, -0.15) is 0 Å². The van der Waals surface area contributed by atoms with Gasteiger partial charge in [0.2, 0.25) is 0 Å². The van der Waals surface area contributed by atoms with Crippen molar-refractivity contribution in [3.05, 3.63) is 41.4 Å². The number of aromatic nitrogens is 2. The van der Waals surface area contributed by atoms with Crippen LogP contribution in [0.15, 0.2) is 40.2 Å². The average molecular weight is 477 g/mol. The van der Waals surface area contributed by atoms with Gasteiger partial charge in [-0.1, -0.05) is 16.8 Å². The molecule has 3 heterocycles. The van der Waals surface area contributed by atoms with E-state index in [0.29, 0.717) is 11.6 Å². The maximum absolute atomic E-state index is 6.24. The van der Waals surface area contributed by atoms with Crippen molar-refractivity contribution in [2.45, 2.75) is 25.9 Å². The lowest BCUT2D eigenvalue weighted by atomic mass is 10.3. The molecule has 136 valence electrons. The van der Waals surface area contributed by atoms with Gasteiger partial charge in [0.1, 0.15) is 17.8 Å². The van der Waals surface area contributed by atoms with E-state index in [1.54, 1.807) is 12.5 Å². The molecule has 1 aliphatic heterocycles. The molecule has 0 aromatic carbocycles. The average Bonchev–Trinajstić information content (AvgIpc) is 3.25. The zero-order valence-corrected chi connectivity index (χ0v) is 17.1. The first-order chi connectivity index (χ1) is 11.8. The van der Waals surface area contributed by atoms with Crippen LogP contribution in [0.4, 0.5) is 5.82 Å². The summed E-state index contributed by atoms with van der Waals surface area (Å²) in [5.74, 6) is 1.62. The van der Waals surface area contributed by atoms with Gasteiger partial charge in [-0.05, 0) is 25.5 Å². The molecular weight excluding hydrogens is 455 g/mol. The number of anilines is 1. The van der Waals surface area contributed by atoms with Crippen LogP contribution >= 0.6 is 35.6 Å². The highest BCUT2D eigenvalue weighted by Gasteiger charge is 2.25. The van der Waals surface area contributed by atoms with Crippen molar-refractivity contribution in [2.24, 2.45) is 4.99 Å². The number of rotatable bonds is 5. The first kappa shape index (κ1) is 19.8. The molecule has 7 nitrogen and oxygen atoms in total. The molecule has 2 N–H and O–H groups in total. The minimum absolute atomic E-state index is 0. The number of guanidine groups is 1. The first-order valence-electron chi connectivity index (χ1n) is 8.06. The van der Waals surface area contributed by atoms with Crippen molar-refractivity contribution < 1.29 is 4.52 Å². The van der Waals surface area contributed by atoms with E-state index in [4.69, 9.17) is 16.1 Å². The lowest BCUT2D eigenvalue weighted by Gasteiger charge is -2.20. The van der Waals surface area contributed by atoms with Crippen molar-refractivity contribution >= 4 is 47.4 Å². The fourth-order valence-corrected chi connectivity index (χ4v) is 2.91. The van der Waals surface area contributed by atoms with E-state index in [0.717, 1.165) is 43.5 Å². The number of nitrogens with one attached hydrogen (secondary N) is 2. The van der Waals surface area contributed by atoms with Crippen molar-refractivity contribution in [3.8, 4) is 0 Å². The molecule has 1 fully saturated rings. The monoisotopic (exact) mass is 476 g/mol. The van der Waals surface area contributed by atoms with Gasteiger partial charge in [-0.3, -0.25) is 0 Å². The zero-order valence-electron chi connectivity index (χ0n) is 14.0. The third kappa shape index (κ3) is 5.46. The zero-order chi connectivity index (χ0) is 16.8. The standard InChI is InChI=1S/C16H21ClN6O.HI/c1-2-18-16(20-10-12-6-9-24-22-12)21-13-5-8-23(11-13)15-14(17)4-3-7-19-15;/h3-4,6-7,9,13H,2,5,8,10-11H2,1H3,(H2,18,20,21);1H. The number of hydrogen-bond acceptors (Lipinski definition) is 5. The first-order valence-corrected chi connectivity index (χ1v) is 8.43. The van der Waals surface area contributed by atoms with E-state index in [-0.39, 0.29) is 30.0 Å². The highest BCUT2D eigenvalue weighted by atomic mass is 127. The number of hydrogen-bond donors (Lipinski definition) is 2. The Morgan fingerprint density at radius 2 is 2.36 bits per heavy atom. The Kier molecular flexibility index (Phi) is 7.76. The van der Waals surface area contributed by atoms with Gasteiger partial charge in [-0.15, -0.1) is 24.0 Å². The van der Waals surface area contributed by atoms with Crippen LogP contribution in [0.3, 0.4) is 0 Å². The summed E-state index contributed by atoms with van der Waals surface area (Å²) < 4.78 is 4.83. The molecule has 2 aromatic rings. The van der Waals surface area contributed by atoms with E-state index in [1.807, 2.05) is 25.1 Å². The van der Waals surface area contributed by atoms with Gasteiger partial charge >= 0.3 is 0 Å². The molecule has 1 unspecified atom stereocenters. The number of halogens is 2. The van der Waals surface area contributed by atoms with Gasteiger partial charge in [0.05, 0.1) is 11.6 Å². The van der Waals surface area contributed by atoms with Crippen molar-refractivity contribution in [3.63, 3.8) is 0 Å². The fourth-order valence-electron chi connectivity index (χ4n) is 2.67. The van der Waals surface area contributed by atoms with Gasteiger partial charge in [0.25, 0.3) is 0 Å². The molecule has 0 amide bonds. The summed E-state index contributed by atoms with van der Waals surface area (Å²) >= 11 is 6.24. The molecule has 25 heavy (non-hydrogen) atoms. The summed E-state index contributed by atoms with van der Waals surface area (Å²) in [7, 11) is 0. The lowest BCUT2D eigenvalue weighted by molar-refractivity contribution is 0.412. The second-order valence-corrected chi connectivity index (χ2v) is 5.98. The molecule has 0 saturated carbocycles. The van der Waals surface area contributed by atoms with Crippen LogP contribution in [0, 0.1) is 0 Å². The van der Waals surface area contributed by atoms with Crippen LogP contribution in [-0.2, 0) is 6.54 Å². The third-order valence-corrected chi connectivity index (χ3v) is 4.10. The van der Waals surface area contributed by atoms with Crippen LogP contribution in [-0.4, -0.2) is 41.8 Å². The molecule has 9 heteroatoms. The second kappa shape index (κ2) is 9.81. The molecule has 0 aliphatic carbocycles. The summed E-state index contributed by atoms with van der Waals surface area (Å²) in [6.45, 7) is 5.08. The second-order valence-electron chi connectivity index (χ2n) is 5.57. The van der Waals surface area contributed by atoms with Crippen molar-refractivity contribution in [2.75, 3.05) is 24.5 Å². The SMILES string of the molecule is CCNC(=NCc1ccon1)NC1CCN(c2ncccc2Cl)C1.I. The third-order valence-electron chi connectivity index (χ3n) is 3.80. The molecule has 2 aromatic heterocycles. The summed E-state index contributed by atoms with van der Waals surface area (Å²) in [6.07, 6.45) is 4.32. The Morgan fingerprint density at radius 1 is 1.48 bits per heavy atom. The number of nitrogens with zero attached hydrogens (tertiary/aromatic N) is 4. The largest absolute Gasteiger partial charge is 0.364 e. The summed E-state index contributed by atoms with van der Waals surface area (Å²) in [6, 6.07) is 5.82. The van der Waals surface area contributed by atoms with Crippen LogP contribution in [0.5, 0.6) is 0 Å². The molecule has 1 saturated heterocycles. The predicted molar refractivity (Wildman–Crippen MR) is 110 cm³/mol. The van der Waals surface area contributed by atoms with Gasteiger partial charge < -0.3 is 20.1 Å². The lowest BCUT2D eigenvalue weighted by Crippen LogP contribution is -2.44. The van der Waals surface area contributed by atoms with Gasteiger partial charge in [-0.25, -0.2) is 9.98 Å². The van der Waals surface area contributed by atoms with Crippen LogP contribution < -0.4 is 15.5 Å². The van der Waals surface area contributed by atoms with E-state index in [2.05, 4.69) is 30.7 Å². The van der Waals surface area contributed by atoms with Crippen molar-refractivity contribution in [1.29, 1.82) is 0 Å². The van der Waals surface area contributed by atoms with E-state index < -0.39 is 0 Å². The number of pyridine rings is 1. The highest BCUT2D eigenvalue weighted by molar-refractivity contribution is 14.0. The summed E-state index contributed by atoms with van der Waals surface area (Å²) in [5, 5.41) is 11.3. The van der Waals surface area contributed by atoms with E-state index in [1.165, 1.54) is 0 Å². The van der Waals surface area contributed by atoms with Crippen molar-refractivity contribution in [1.82, 2.24) is 20.8 Å². The Hall–Kier alpha value is -1.55. The molecule has 0 bridgehead atoms. The predicted octanol–water partition coefficient (Wildman–Crippen LogP) is 2.68. The fraction of sp³-hybridized carbons (Fsp3) is 0.438. The smallest absolute Gasteiger partial charge is 0.191 e. The Bertz CT molecular complexity index is 681. The van der Waals surface area contributed by atoms with Crippen LogP contribution in [0.1, 0.15) is 19.0 Å². The molecule has 0 spiro atoms. The normalized spacial score (nSPS) is 17.3. The Morgan fingerprint density at radius 3 is 3.08 bits per heavy atom. The highest BCUT2D eigenvalue weighted by Crippen LogP contribution is 2.25. The van der Waals surface area contributed by atoms with E-state index >= 15 is 0 Å². The maximum atomic E-state index is 6.24. The molecule has 0 radical (unpaired) electrons. The molecule has 1 atom stereocenters. The molecule has 1 aliphatic rings. The minimum atomic E-state index is 0. The quantitative estimate of drug-likeness (QED) is 0.392. The van der Waals surface area contributed by atoms with E-state index in [9.17, 15) is 0 Å². The molecule has 3 rings (SSSR count). The number of aliphatic imine (C=N–C) groups is 1. The minimum Gasteiger partial charge on any atom is -0.364 e. The van der Waals surface area contributed by atoms with Gasteiger partial charge in [0.15, 0.2) is 5.96 Å². The Labute approximate surface area is 169 Å². The van der Waals surface area contributed by atoms with Crippen LogP contribution in [0.25, 0.3) is 0 Å². The van der Waals surface area contributed by atoms with Gasteiger partial charge in [0, 0.05) is 37.9 Å².